The van der Waals surface area contributed by atoms with Crippen LogP contribution in [0.2, 0.25) is 0 Å². The van der Waals surface area contributed by atoms with Gasteiger partial charge in [0.1, 0.15) is 11.9 Å². The monoisotopic (exact) mass is 679 g/mol. The Bertz CT molecular complexity index is 1820. The Balaban J connectivity index is 1.30. The van der Waals surface area contributed by atoms with Gasteiger partial charge in [0, 0.05) is 37.5 Å². The van der Waals surface area contributed by atoms with Crippen LogP contribution < -0.4 is 20.7 Å². The number of nitrogens with two attached hydrogens (primary N) is 1. The highest BCUT2D eigenvalue weighted by atomic mass is 19.4. The Hall–Kier alpha value is -4.69. The predicted molar refractivity (Wildman–Crippen MR) is 177 cm³/mol. The summed E-state index contributed by atoms with van der Waals surface area (Å²) in [7, 11) is 0. The number of hydrogen-bond acceptors (Lipinski definition) is 10. The fourth-order valence-corrected chi connectivity index (χ4v) is 6.72. The van der Waals surface area contributed by atoms with Crippen LogP contribution in [0.1, 0.15) is 54.7 Å². The van der Waals surface area contributed by atoms with Crippen LogP contribution >= 0.6 is 0 Å². The highest BCUT2D eigenvalue weighted by Crippen LogP contribution is 2.43. The summed E-state index contributed by atoms with van der Waals surface area (Å²) < 4.78 is 57.5. The van der Waals surface area contributed by atoms with E-state index in [4.69, 9.17) is 15.2 Å². The van der Waals surface area contributed by atoms with Gasteiger partial charge in [0.15, 0.2) is 0 Å². The number of aromatic nitrogens is 4. The molecule has 0 amide bonds. The normalized spacial score (nSPS) is 18.1. The smallest absolute Gasteiger partial charge is 0.429 e. The molecule has 49 heavy (non-hydrogen) atoms. The number of ether oxygens (including phenoxy) is 2. The minimum Gasteiger partial charge on any atom is -0.465 e. The summed E-state index contributed by atoms with van der Waals surface area (Å²) in [5, 5.41) is 17.5. The van der Waals surface area contributed by atoms with Crippen LogP contribution in [0.3, 0.4) is 0 Å². The maximum Gasteiger partial charge on any atom is 0.429 e. The molecule has 11 nitrogen and oxygen atoms in total. The molecule has 260 valence electrons. The van der Waals surface area contributed by atoms with Crippen molar-refractivity contribution in [1.82, 2.24) is 25.1 Å². The third-order valence-electron chi connectivity index (χ3n) is 9.45. The summed E-state index contributed by atoms with van der Waals surface area (Å²) in [6.45, 7) is 7.31. The van der Waals surface area contributed by atoms with E-state index in [0.29, 0.717) is 60.9 Å². The first kappa shape index (κ1) is 34.2. The lowest BCUT2D eigenvalue weighted by molar-refractivity contribution is -0.198. The van der Waals surface area contributed by atoms with Gasteiger partial charge in [-0.1, -0.05) is 18.2 Å². The predicted octanol–water partition coefficient (Wildman–Crippen LogP) is 5.21. The number of nitrogens with one attached hydrogen (secondary N) is 1. The average molecular weight is 680 g/mol. The third kappa shape index (κ3) is 7.35. The number of aliphatic hydroxyl groups excluding tert-OH is 1. The number of nitrogens with zero attached hydrogens (tertiary/aromatic N) is 5. The van der Waals surface area contributed by atoms with Gasteiger partial charge < -0.3 is 30.5 Å². The van der Waals surface area contributed by atoms with Gasteiger partial charge in [-0.25, -0.2) is 4.68 Å². The van der Waals surface area contributed by atoms with Crippen LogP contribution in [0.5, 0.6) is 5.88 Å². The molecule has 4 heterocycles. The Morgan fingerprint density at radius 2 is 1.84 bits per heavy atom. The summed E-state index contributed by atoms with van der Waals surface area (Å²) in [6.07, 6.45) is -3.55. The molecule has 1 spiro atoms. The zero-order valence-corrected chi connectivity index (χ0v) is 27.6. The molecule has 2 saturated heterocycles. The lowest BCUT2D eigenvalue weighted by Crippen LogP contribution is -2.41. The van der Waals surface area contributed by atoms with E-state index < -0.39 is 12.3 Å². The molecule has 2 aromatic heterocycles. The number of aryl methyl sites for hydroxylation is 2. The molecule has 2 aromatic carbocycles. The second kappa shape index (κ2) is 13.7. The van der Waals surface area contributed by atoms with Crippen molar-refractivity contribution in [3.63, 3.8) is 0 Å². The van der Waals surface area contributed by atoms with Crippen LogP contribution in [0.25, 0.3) is 16.8 Å². The number of benzene rings is 2. The molecule has 0 bridgehead atoms. The van der Waals surface area contributed by atoms with Gasteiger partial charge in [-0.05, 0) is 92.0 Å². The van der Waals surface area contributed by atoms with Gasteiger partial charge in [0.05, 0.1) is 24.6 Å². The van der Waals surface area contributed by atoms with Crippen molar-refractivity contribution in [2.24, 2.45) is 5.41 Å². The fraction of sp³-hybridized carbons (Fsp3) is 0.429. The second-order valence-electron chi connectivity index (χ2n) is 12.8. The van der Waals surface area contributed by atoms with E-state index in [0.717, 1.165) is 18.4 Å². The number of carbonyl (C=O) groups excluding carboxylic acids is 1. The van der Waals surface area contributed by atoms with Gasteiger partial charge >= 0.3 is 12.1 Å². The Morgan fingerprint density at radius 3 is 2.51 bits per heavy atom. The number of hydrogen-bond donors (Lipinski definition) is 3. The van der Waals surface area contributed by atoms with Crippen LogP contribution in [-0.4, -0.2) is 69.3 Å². The standard InChI is InChI=1S/C35H40F3N7O4/c1-4-48-32(47)27-18-34(20-40-27)10-13-44(14-11-34)29-17-30(42-33(39)41-29)49-31(35(36,37)38)26-16-24(23-6-5-21(2)25(15-23)19-46)7-8-28(26)45-12-9-22(3)43-45/h5-9,12,15-17,27,31,40,46H,4,10-11,13-14,18-20H2,1-3H3,(H2,39,41,42)/t27-,31+/m0/s1. The first-order valence-corrected chi connectivity index (χ1v) is 16.3. The number of anilines is 2. The lowest BCUT2D eigenvalue weighted by atomic mass is 9.76. The highest BCUT2D eigenvalue weighted by molar-refractivity contribution is 5.76. The van der Waals surface area contributed by atoms with Crippen LogP contribution in [0, 0.1) is 19.3 Å². The lowest BCUT2D eigenvalue weighted by Gasteiger charge is -2.39. The second-order valence-corrected chi connectivity index (χ2v) is 12.8. The number of alkyl halides is 3. The summed E-state index contributed by atoms with van der Waals surface area (Å²) in [5.41, 5.74) is 9.28. The molecule has 6 rings (SSSR count). The first-order valence-electron chi connectivity index (χ1n) is 16.3. The van der Waals surface area contributed by atoms with Crippen molar-refractivity contribution < 1.29 is 32.5 Å². The summed E-state index contributed by atoms with van der Waals surface area (Å²) in [5.74, 6) is -0.428. The zero-order chi connectivity index (χ0) is 34.9. The van der Waals surface area contributed by atoms with Crippen molar-refractivity contribution in [3.8, 4) is 22.7 Å². The maximum absolute atomic E-state index is 15.0. The molecule has 4 aromatic rings. The number of aliphatic hydroxyl groups is 1. The maximum atomic E-state index is 15.0. The molecule has 2 aliphatic rings. The number of piperidine rings is 1. The number of esters is 1. The van der Waals surface area contributed by atoms with Crippen molar-refractivity contribution in [1.29, 1.82) is 0 Å². The third-order valence-corrected chi connectivity index (χ3v) is 9.45. The number of nitrogen functional groups attached to an aromatic ring is 1. The molecule has 2 fully saturated rings. The molecule has 0 radical (unpaired) electrons. The topological polar surface area (TPSA) is 141 Å². The Morgan fingerprint density at radius 1 is 1.10 bits per heavy atom. The molecular formula is C35H40F3N7O4. The van der Waals surface area contributed by atoms with Crippen molar-refractivity contribution in [3.05, 3.63) is 77.1 Å². The fourth-order valence-electron chi connectivity index (χ4n) is 6.72. The summed E-state index contributed by atoms with van der Waals surface area (Å²) in [6, 6.07) is 12.8. The van der Waals surface area contributed by atoms with Crippen molar-refractivity contribution >= 4 is 17.7 Å². The van der Waals surface area contributed by atoms with E-state index >= 15 is 13.2 Å². The van der Waals surface area contributed by atoms with Crippen LogP contribution in [0.4, 0.5) is 24.9 Å². The molecule has 4 N–H and O–H groups in total. The molecular weight excluding hydrogens is 639 g/mol. The zero-order valence-electron chi connectivity index (χ0n) is 27.6. The van der Waals surface area contributed by atoms with E-state index in [1.165, 1.54) is 16.8 Å². The van der Waals surface area contributed by atoms with E-state index in [2.05, 4.69) is 20.4 Å². The Labute approximate surface area is 282 Å². The minimum absolute atomic E-state index is 0.0884. The summed E-state index contributed by atoms with van der Waals surface area (Å²) >= 11 is 0. The number of halogens is 3. The molecule has 2 aliphatic heterocycles. The molecule has 0 aliphatic carbocycles. The molecule has 0 saturated carbocycles. The van der Waals surface area contributed by atoms with Crippen LogP contribution in [-0.2, 0) is 16.1 Å². The van der Waals surface area contributed by atoms with Gasteiger partial charge in [-0.2, -0.15) is 28.2 Å². The van der Waals surface area contributed by atoms with Gasteiger partial charge in [0.25, 0.3) is 0 Å². The van der Waals surface area contributed by atoms with E-state index in [-0.39, 0.29) is 47.1 Å². The average Bonchev–Trinajstić information content (AvgIpc) is 3.69. The van der Waals surface area contributed by atoms with Crippen LogP contribution in [0.15, 0.2) is 54.7 Å². The minimum atomic E-state index is -4.86. The van der Waals surface area contributed by atoms with E-state index in [1.807, 2.05) is 17.9 Å². The number of rotatable bonds is 9. The van der Waals surface area contributed by atoms with Crippen molar-refractivity contribution in [2.45, 2.75) is 65.0 Å². The number of carbonyl (C=O) groups is 1. The quantitative estimate of drug-likeness (QED) is 0.202. The largest absolute Gasteiger partial charge is 0.465 e. The molecule has 2 atom stereocenters. The highest BCUT2D eigenvalue weighted by Gasteiger charge is 2.46. The van der Waals surface area contributed by atoms with E-state index in [9.17, 15) is 9.90 Å². The SMILES string of the molecule is CCOC(=O)[C@@H]1CC2(CCN(c3cc(O[C@H](c4cc(-c5ccc(C)c(CO)c5)ccc4-n4ccc(C)n4)C(F)(F)F)nc(N)n3)CC2)CN1. The summed E-state index contributed by atoms with van der Waals surface area (Å²) in [4.78, 5) is 22.6. The van der Waals surface area contributed by atoms with Crippen molar-refractivity contribution in [2.75, 3.05) is 36.9 Å². The molecule has 0 unspecified atom stereocenters. The van der Waals surface area contributed by atoms with E-state index in [1.54, 1.807) is 50.4 Å². The van der Waals surface area contributed by atoms with Gasteiger partial charge in [-0.3, -0.25) is 4.79 Å². The Kier molecular flexibility index (Phi) is 9.54. The van der Waals surface area contributed by atoms with Gasteiger partial charge in [0.2, 0.25) is 17.9 Å². The molecule has 14 heteroatoms. The van der Waals surface area contributed by atoms with Gasteiger partial charge in [-0.15, -0.1) is 0 Å². The first-order chi connectivity index (χ1) is 23.4.